The highest BCUT2D eigenvalue weighted by Crippen LogP contribution is 2.25. The van der Waals surface area contributed by atoms with Crippen LogP contribution in [0.5, 0.6) is 0 Å². The number of hydrogen-bond donors (Lipinski definition) is 0. The van der Waals surface area contributed by atoms with Gasteiger partial charge in [-0.3, -0.25) is 0 Å². The number of nitrogens with zero attached hydrogens (tertiary/aromatic N) is 2. The summed E-state index contributed by atoms with van der Waals surface area (Å²) < 4.78 is 26.2. The molecule has 1 rings (SSSR count). The van der Waals surface area contributed by atoms with Crippen molar-refractivity contribution in [2.45, 2.75) is 59.0 Å². The molecule has 1 aliphatic heterocycles. The van der Waals surface area contributed by atoms with Crippen LogP contribution >= 0.6 is 0 Å². The van der Waals surface area contributed by atoms with Crippen molar-refractivity contribution in [3.8, 4) is 0 Å². The normalized spacial score (nSPS) is 25.9. The first-order valence-electron chi connectivity index (χ1n) is 6.72. The molecule has 19 heavy (non-hydrogen) atoms. The minimum Gasteiger partial charge on any atom is -0.212 e. The van der Waals surface area contributed by atoms with Gasteiger partial charge in [0.2, 0.25) is 16.1 Å². The van der Waals surface area contributed by atoms with Crippen molar-refractivity contribution in [3.05, 3.63) is 0 Å². The fourth-order valence-corrected chi connectivity index (χ4v) is 4.41. The summed E-state index contributed by atoms with van der Waals surface area (Å²) >= 11 is 0. The van der Waals surface area contributed by atoms with E-state index in [1.54, 1.807) is 10.4 Å². The molecule has 5 nitrogen and oxygen atoms in total. The van der Waals surface area contributed by atoms with Gasteiger partial charge in [0.15, 0.2) is 0 Å². The van der Waals surface area contributed by atoms with E-state index < -0.39 is 10.0 Å². The van der Waals surface area contributed by atoms with Gasteiger partial charge >= 0.3 is 0 Å². The molecular formula is C13H24N2O3S. The van der Waals surface area contributed by atoms with Crippen LogP contribution in [0.1, 0.15) is 47.0 Å². The van der Waals surface area contributed by atoms with E-state index in [1.807, 2.05) is 27.7 Å². The van der Waals surface area contributed by atoms with Gasteiger partial charge < -0.3 is 0 Å². The molecule has 1 aliphatic rings. The van der Waals surface area contributed by atoms with Crippen LogP contribution < -0.4 is 0 Å². The van der Waals surface area contributed by atoms with E-state index >= 15 is 0 Å². The number of isocyanates is 1. The van der Waals surface area contributed by atoms with E-state index in [0.717, 1.165) is 0 Å². The predicted octanol–water partition coefficient (Wildman–Crippen LogP) is 1.94. The Morgan fingerprint density at radius 1 is 1.37 bits per heavy atom. The van der Waals surface area contributed by atoms with Crippen LogP contribution in [0.2, 0.25) is 0 Å². The van der Waals surface area contributed by atoms with Crippen LogP contribution in [-0.2, 0) is 14.8 Å². The van der Waals surface area contributed by atoms with Crippen molar-refractivity contribution in [2.24, 2.45) is 10.4 Å². The molecule has 0 amide bonds. The second-order valence-corrected chi connectivity index (χ2v) is 8.53. The smallest absolute Gasteiger partial charge is 0.212 e. The quantitative estimate of drug-likeness (QED) is 0.586. The number of aliphatic imine (C=N–C) groups is 1. The Kier molecular flexibility index (Phi) is 5.30. The molecule has 2 unspecified atom stereocenters. The summed E-state index contributed by atoms with van der Waals surface area (Å²) in [5.41, 5.74) is 0.0104. The third-order valence-corrected chi connectivity index (χ3v) is 5.47. The first-order chi connectivity index (χ1) is 8.65. The Morgan fingerprint density at radius 3 is 2.47 bits per heavy atom. The van der Waals surface area contributed by atoms with Gasteiger partial charge in [0, 0.05) is 12.6 Å². The van der Waals surface area contributed by atoms with Gasteiger partial charge in [-0.25, -0.2) is 18.2 Å². The van der Waals surface area contributed by atoms with Crippen molar-refractivity contribution in [3.63, 3.8) is 0 Å². The van der Waals surface area contributed by atoms with Gasteiger partial charge in [-0.05, 0) is 31.6 Å². The fraction of sp³-hybridized carbons (Fsp3) is 0.923. The third-order valence-electron chi connectivity index (χ3n) is 3.49. The molecule has 0 aromatic rings. The first-order valence-corrected chi connectivity index (χ1v) is 8.33. The summed E-state index contributed by atoms with van der Waals surface area (Å²) in [4.78, 5) is 14.0. The van der Waals surface area contributed by atoms with Gasteiger partial charge in [0.05, 0.1) is 11.8 Å². The van der Waals surface area contributed by atoms with Crippen molar-refractivity contribution >= 4 is 16.1 Å². The maximum absolute atomic E-state index is 12.3. The van der Waals surface area contributed by atoms with Crippen LogP contribution in [0.4, 0.5) is 0 Å². The highest BCUT2D eigenvalue weighted by molar-refractivity contribution is 7.89. The minimum absolute atomic E-state index is 0.0104. The van der Waals surface area contributed by atoms with Gasteiger partial charge in [-0.15, -0.1) is 0 Å². The standard InChI is InChI=1S/C13H24N2O3S/c1-11-9-12(14-10-16)5-7-15(11)19(17,18)8-6-13(2,3)4/h11-12H,5-9H2,1-4H3. The Labute approximate surface area is 116 Å². The first kappa shape index (κ1) is 16.3. The molecule has 0 aromatic carbocycles. The summed E-state index contributed by atoms with van der Waals surface area (Å²) in [5.74, 6) is 0.183. The molecule has 0 N–H and O–H groups in total. The van der Waals surface area contributed by atoms with Gasteiger partial charge in [-0.2, -0.15) is 4.31 Å². The van der Waals surface area contributed by atoms with Gasteiger partial charge in [0.25, 0.3) is 0 Å². The Morgan fingerprint density at radius 2 is 2.00 bits per heavy atom. The lowest BCUT2D eigenvalue weighted by molar-refractivity contribution is 0.246. The van der Waals surface area contributed by atoms with Crippen LogP contribution in [0.3, 0.4) is 0 Å². The van der Waals surface area contributed by atoms with Crippen molar-refractivity contribution < 1.29 is 13.2 Å². The van der Waals surface area contributed by atoms with E-state index in [4.69, 9.17) is 0 Å². The second-order valence-electron chi connectivity index (χ2n) is 6.48. The zero-order valence-electron chi connectivity index (χ0n) is 12.2. The maximum Gasteiger partial charge on any atom is 0.235 e. The van der Waals surface area contributed by atoms with Crippen molar-refractivity contribution in [1.29, 1.82) is 0 Å². The second kappa shape index (κ2) is 6.16. The molecule has 0 bridgehead atoms. The highest BCUT2D eigenvalue weighted by atomic mass is 32.2. The predicted molar refractivity (Wildman–Crippen MR) is 75.2 cm³/mol. The van der Waals surface area contributed by atoms with E-state index in [2.05, 4.69) is 4.99 Å². The summed E-state index contributed by atoms with van der Waals surface area (Å²) in [6.07, 6.45) is 3.42. The number of sulfonamides is 1. The molecule has 0 spiro atoms. The highest BCUT2D eigenvalue weighted by Gasteiger charge is 2.33. The molecule has 2 atom stereocenters. The van der Waals surface area contributed by atoms with Crippen LogP contribution in [0, 0.1) is 5.41 Å². The average molecular weight is 288 g/mol. The van der Waals surface area contributed by atoms with Crippen LogP contribution in [-0.4, -0.2) is 43.2 Å². The monoisotopic (exact) mass is 288 g/mol. The molecule has 0 aromatic heterocycles. The Bertz CT molecular complexity index is 447. The molecule has 110 valence electrons. The molecule has 1 heterocycles. The third kappa shape index (κ3) is 5.05. The lowest BCUT2D eigenvalue weighted by atomic mass is 9.94. The summed E-state index contributed by atoms with van der Waals surface area (Å²) in [5, 5.41) is 0. The largest absolute Gasteiger partial charge is 0.235 e. The summed E-state index contributed by atoms with van der Waals surface area (Å²) in [6, 6.07) is -0.178. The average Bonchev–Trinajstić information content (AvgIpc) is 2.26. The molecule has 1 saturated heterocycles. The Hall–Kier alpha value is -0.710. The summed E-state index contributed by atoms with van der Waals surface area (Å²) in [7, 11) is -3.21. The summed E-state index contributed by atoms with van der Waals surface area (Å²) in [6.45, 7) is 8.44. The molecule has 1 fully saturated rings. The number of rotatable bonds is 4. The van der Waals surface area contributed by atoms with E-state index in [1.165, 1.54) is 0 Å². The topological polar surface area (TPSA) is 66.8 Å². The SMILES string of the molecule is CC1CC(N=C=O)CCN1S(=O)(=O)CCC(C)(C)C. The van der Waals surface area contributed by atoms with Gasteiger partial charge in [-0.1, -0.05) is 20.8 Å². The zero-order chi connectivity index (χ0) is 14.7. The Balaban J connectivity index is 2.67. The lowest BCUT2D eigenvalue weighted by Gasteiger charge is -2.35. The molecular weight excluding hydrogens is 264 g/mol. The number of carbonyl (C=O) groups excluding carboxylic acids is 1. The van der Waals surface area contributed by atoms with E-state index in [9.17, 15) is 13.2 Å². The van der Waals surface area contributed by atoms with Gasteiger partial charge in [0.1, 0.15) is 0 Å². The van der Waals surface area contributed by atoms with E-state index in [-0.39, 0.29) is 23.3 Å². The molecule has 6 heteroatoms. The maximum atomic E-state index is 12.3. The van der Waals surface area contributed by atoms with E-state index in [0.29, 0.717) is 25.8 Å². The molecule has 0 saturated carbocycles. The van der Waals surface area contributed by atoms with Crippen LogP contribution in [0.15, 0.2) is 4.99 Å². The lowest BCUT2D eigenvalue weighted by Crippen LogP contribution is -2.46. The zero-order valence-corrected chi connectivity index (χ0v) is 13.0. The molecule has 0 radical (unpaired) electrons. The van der Waals surface area contributed by atoms with Crippen LogP contribution in [0.25, 0.3) is 0 Å². The number of hydrogen-bond acceptors (Lipinski definition) is 4. The molecule has 0 aliphatic carbocycles. The number of piperidine rings is 1. The minimum atomic E-state index is -3.21. The van der Waals surface area contributed by atoms with Crippen molar-refractivity contribution in [2.75, 3.05) is 12.3 Å². The fourth-order valence-electron chi connectivity index (χ4n) is 2.28. The van der Waals surface area contributed by atoms with Crippen molar-refractivity contribution in [1.82, 2.24) is 4.31 Å².